The second kappa shape index (κ2) is 11.2. The molecule has 0 atom stereocenters. The van der Waals surface area contributed by atoms with Crippen LogP contribution >= 0.6 is 24.0 Å². The van der Waals surface area contributed by atoms with Gasteiger partial charge in [-0.05, 0) is 45.5 Å². The lowest BCUT2D eigenvalue weighted by Crippen LogP contribution is -2.53. The molecule has 0 unspecified atom stereocenters. The standard InChI is InChI=1S/C21H35N7O2.HI/c1-21(2,3)30-20(29)28-13-11-27(12-14-28)19(22)24-16-17-5-6-23-18(15-17)26-9-7-25(4)8-10-26;/h5-6,15H,7-14,16H2,1-4H3,(H2,22,24);1H. The Kier molecular flexibility index (Phi) is 9.16. The van der Waals surface area contributed by atoms with Crippen LogP contribution in [0.15, 0.2) is 23.3 Å². The van der Waals surface area contributed by atoms with Crippen molar-refractivity contribution in [3.05, 3.63) is 23.9 Å². The maximum atomic E-state index is 12.2. The van der Waals surface area contributed by atoms with Crippen LogP contribution in [0.5, 0.6) is 0 Å². The summed E-state index contributed by atoms with van der Waals surface area (Å²) in [6.07, 6.45) is 1.57. The summed E-state index contributed by atoms with van der Waals surface area (Å²) in [4.78, 5) is 29.7. The minimum atomic E-state index is -0.484. The lowest BCUT2D eigenvalue weighted by atomic mass is 10.2. The van der Waals surface area contributed by atoms with E-state index in [-0.39, 0.29) is 30.1 Å². The Bertz CT molecular complexity index is 752. The van der Waals surface area contributed by atoms with Crippen molar-refractivity contribution in [2.24, 2.45) is 10.7 Å². The number of aromatic nitrogens is 1. The summed E-state index contributed by atoms with van der Waals surface area (Å²) < 4.78 is 5.44. The van der Waals surface area contributed by atoms with Crippen molar-refractivity contribution >= 4 is 41.8 Å². The number of likely N-dealkylation sites (N-methyl/N-ethyl adjacent to an activating group) is 1. The molecule has 10 heteroatoms. The Morgan fingerprint density at radius 2 is 1.71 bits per heavy atom. The molecule has 0 bridgehead atoms. The number of hydrogen-bond acceptors (Lipinski definition) is 6. The molecule has 0 aromatic carbocycles. The summed E-state index contributed by atoms with van der Waals surface area (Å²) in [7, 11) is 2.14. The van der Waals surface area contributed by atoms with Crippen LogP contribution in [0.2, 0.25) is 0 Å². The highest BCUT2D eigenvalue weighted by Crippen LogP contribution is 2.16. The molecule has 0 radical (unpaired) electrons. The average Bonchev–Trinajstić information content (AvgIpc) is 2.71. The van der Waals surface area contributed by atoms with Crippen LogP contribution in [-0.4, -0.2) is 96.7 Å². The fourth-order valence-corrected chi connectivity index (χ4v) is 3.48. The van der Waals surface area contributed by atoms with Gasteiger partial charge in [-0.15, -0.1) is 24.0 Å². The SMILES string of the molecule is CN1CCN(c2cc(CN=C(N)N3CCN(C(=O)OC(C)(C)C)CC3)ccn2)CC1.I. The van der Waals surface area contributed by atoms with Crippen molar-refractivity contribution in [1.82, 2.24) is 19.7 Å². The number of carbonyl (C=O) groups is 1. The quantitative estimate of drug-likeness (QED) is 0.352. The van der Waals surface area contributed by atoms with Gasteiger partial charge >= 0.3 is 6.09 Å². The molecule has 3 rings (SSSR count). The summed E-state index contributed by atoms with van der Waals surface area (Å²) in [5.74, 6) is 1.51. The molecular weight excluding hydrogens is 509 g/mol. The highest BCUT2D eigenvalue weighted by Gasteiger charge is 2.26. The van der Waals surface area contributed by atoms with Crippen molar-refractivity contribution in [2.75, 3.05) is 64.3 Å². The maximum Gasteiger partial charge on any atom is 0.410 e. The van der Waals surface area contributed by atoms with Crippen LogP contribution in [-0.2, 0) is 11.3 Å². The van der Waals surface area contributed by atoms with E-state index in [4.69, 9.17) is 10.5 Å². The lowest BCUT2D eigenvalue weighted by Gasteiger charge is -2.36. The van der Waals surface area contributed by atoms with Crippen LogP contribution in [0.3, 0.4) is 0 Å². The van der Waals surface area contributed by atoms with Crippen molar-refractivity contribution in [2.45, 2.75) is 32.9 Å². The van der Waals surface area contributed by atoms with Crippen LogP contribution in [0.1, 0.15) is 26.3 Å². The summed E-state index contributed by atoms with van der Waals surface area (Å²) in [6.45, 7) is 12.7. The molecule has 1 aromatic heterocycles. The van der Waals surface area contributed by atoms with E-state index in [2.05, 4.69) is 32.9 Å². The van der Waals surface area contributed by atoms with Gasteiger partial charge in [0.1, 0.15) is 11.4 Å². The number of rotatable bonds is 3. The monoisotopic (exact) mass is 545 g/mol. The number of aliphatic imine (C=N–C) groups is 1. The van der Waals surface area contributed by atoms with E-state index in [1.54, 1.807) is 4.90 Å². The second-order valence-corrected chi connectivity index (χ2v) is 8.94. The molecule has 174 valence electrons. The van der Waals surface area contributed by atoms with Gasteiger partial charge in [0.25, 0.3) is 0 Å². The van der Waals surface area contributed by atoms with E-state index in [1.807, 2.05) is 37.9 Å². The molecule has 2 aliphatic heterocycles. The molecule has 2 saturated heterocycles. The molecule has 2 aliphatic rings. The molecule has 1 amide bonds. The zero-order chi connectivity index (χ0) is 21.7. The summed E-state index contributed by atoms with van der Waals surface area (Å²) in [6, 6.07) is 4.08. The predicted octanol–water partition coefficient (Wildman–Crippen LogP) is 1.82. The summed E-state index contributed by atoms with van der Waals surface area (Å²) in [5.41, 5.74) is 6.83. The number of amides is 1. The molecule has 3 heterocycles. The van der Waals surface area contributed by atoms with Crippen LogP contribution in [0, 0.1) is 0 Å². The number of halogens is 1. The van der Waals surface area contributed by atoms with Gasteiger partial charge in [0.2, 0.25) is 0 Å². The molecule has 0 aliphatic carbocycles. The Labute approximate surface area is 202 Å². The normalized spacial score (nSPS) is 18.6. The van der Waals surface area contributed by atoms with Gasteiger partial charge in [-0.3, -0.25) is 0 Å². The van der Waals surface area contributed by atoms with Crippen molar-refractivity contribution in [3.8, 4) is 0 Å². The molecule has 0 saturated carbocycles. The van der Waals surface area contributed by atoms with Gasteiger partial charge < -0.3 is 30.1 Å². The zero-order valence-electron chi connectivity index (χ0n) is 19.1. The first kappa shape index (κ1) is 25.4. The van der Waals surface area contributed by atoms with E-state index in [1.165, 1.54) is 0 Å². The number of pyridine rings is 1. The van der Waals surface area contributed by atoms with Gasteiger partial charge in [-0.2, -0.15) is 0 Å². The number of guanidine groups is 1. The second-order valence-electron chi connectivity index (χ2n) is 8.94. The van der Waals surface area contributed by atoms with Crippen LogP contribution in [0.25, 0.3) is 0 Å². The highest BCUT2D eigenvalue weighted by atomic mass is 127. The number of ether oxygens (including phenoxy) is 1. The van der Waals surface area contributed by atoms with E-state index in [0.717, 1.165) is 37.6 Å². The summed E-state index contributed by atoms with van der Waals surface area (Å²) >= 11 is 0. The minimum Gasteiger partial charge on any atom is -0.444 e. The molecule has 0 spiro atoms. The third-order valence-corrected chi connectivity index (χ3v) is 5.32. The Morgan fingerprint density at radius 3 is 2.32 bits per heavy atom. The molecule has 2 fully saturated rings. The molecule has 9 nitrogen and oxygen atoms in total. The highest BCUT2D eigenvalue weighted by molar-refractivity contribution is 14.0. The Hall–Kier alpha value is -1.82. The smallest absolute Gasteiger partial charge is 0.410 e. The lowest BCUT2D eigenvalue weighted by molar-refractivity contribution is 0.0186. The molecule has 1 aromatic rings. The van der Waals surface area contributed by atoms with Crippen LogP contribution in [0.4, 0.5) is 10.6 Å². The largest absolute Gasteiger partial charge is 0.444 e. The van der Waals surface area contributed by atoms with Crippen LogP contribution < -0.4 is 10.6 Å². The number of hydrogen-bond donors (Lipinski definition) is 1. The molecule has 2 N–H and O–H groups in total. The zero-order valence-corrected chi connectivity index (χ0v) is 21.4. The Morgan fingerprint density at radius 1 is 1.10 bits per heavy atom. The average molecular weight is 545 g/mol. The van der Waals surface area contributed by atoms with Crippen molar-refractivity contribution in [1.29, 1.82) is 0 Å². The van der Waals surface area contributed by atoms with Gasteiger partial charge in [0.15, 0.2) is 5.96 Å². The first-order valence-corrected chi connectivity index (χ1v) is 10.6. The van der Waals surface area contributed by atoms with E-state index < -0.39 is 5.60 Å². The van der Waals surface area contributed by atoms with Gasteiger partial charge in [0.05, 0.1) is 6.54 Å². The summed E-state index contributed by atoms with van der Waals surface area (Å²) in [5, 5.41) is 0. The first-order chi connectivity index (χ1) is 14.2. The fourth-order valence-electron chi connectivity index (χ4n) is 3.48. The van der Waals surface area contributed by atoms with Gasteiger partial charge in [-0.25, -0.2) is 14.8 Å². The Balaban J connectivity index is 0.00000341. The number of anilines is 1. The van der Waals surface area contributed by atoms with E-state index in [9.17, 15) is 4.79 Å². The third-order valence-electron chi connectivity index (χ3n) is 5.32. The number of piperazine rings is 2. The van der Waals surface area contributed by atoms with Crippen molar-refractivity contribution in [3.63, 3.8) is 0 Å². The molecular formula is C21H36IN7O2. The van der Waals surface area contributed by atoms with Crippen molar-refractivity contribution < 1.29 is 9.53 Å². The number of nitrogens with two attached hydrogens (primary N) is 1. The fraction of sp³-hybridized carbons (Fsp3) is 0.667. The van der Waals surface area contributed by atoms with Gasteiger partial charge in [-0.1, -0.05) is 0 Å². The van der Waals surface area contributed by atoms with Gasteiger partial charge in [0, 0.05) is 58.6 Å². The third kappa shape index (κ3) is 7.67. The first-order valence-electron chi connectivity index (χ1n) is 10.6. The topological polar surface area (TPSA) is 90.5 Å². The maximum absolute atomic E-state index is 12.2. The predicted molar refractivity (Wildman–Crippen MR) is 134 cm³/mol. The molecule has 31 heavy (non-hydrogen) atoms. The van der Waals surface area contributed by atoms with E-state index in [0.29, 0.717) is 38.7 Å². The van der Waals surface area contributed by atoms with E-state index >= 15 is 0 Å². The minimum absolute atomic E-state index is 0. The number of nitrogens with zero attached hydrogens (tertiary/aromatic N) is 6. The number of carbonyl (C=O) groups excluding carboxylic acids is 1.